The Bertz CT molecular complexity index is 850. The van der Waals surface area contributed by atoms with Crippen molar-refractivity contribution in [3.63, 3.8) is 0 Å². The van der Waals surface area contributed by atoms with E-state index >= 15 is 0 Å². The van der Waals surface area contributed by atoms with Gasteiger partial charge >= 0.3 is 13.9 Å². The lowest BCUT2D eigenvalue weighted by Crippen LogP contribution is -2.38. The van der Waals surface area contributed by atoms with Gasteiger partial charge in [-0.2, -0.15) is 10.5 Å². The van der Waals surface area contributed by atoms with E-state index in [9.17, 15) is 19.4 Å². The molecule has 5 N–H and O–H groups in total. The number of rotatable bonds is 12. The number of nitrogens with two attached hydrogens (primary N) is 1. The van der Waals surface area contributed by atoms with Crippen LogP contribution in [0.15, 0.2) is 17.1 Å². The molecule has 0 spiro atoms. The van der Waals surface area contributed by atoms with Gasteiger partial charge in [-0.1, -0.05) is 34.6 Å². The van der Waals surface area contributed by atoms with E-state index in [-0.39, 0.29) is 23.9 Å². The molecule has 1 aromatic heterocycles. The highest BCUT2D eigenvalue weighted by atomic mass is 31.1. The molecule has 1 fully saturated rings. The van der Waals surface area contributed by atoms with Crippen molar-refractivity contribution < 1.29 is 28.7 Å². The van der Waals surface area contributed by atoms with Crippen LogP contribution in [0.2, 0.25) is 0 Å². The van der Waals surface area contributed by atoms with Gasteiger partial charge < -0.3 is 25.0 Å². The van der Waals surface area contributed by atoms with Crippen LogP contribution in [-0.2, 0) is 18.7 Å². The quantitative estimate of drug-likeness (QED) is 0.252. The number of ether oxygens (including phenoxy) is 1. The number of hydroxylamine groups is 1. The number of nitrogens with one attached hydrogen (secondary N) is 1. The van der Waals surface area contributed by atoms with Crippen LogP contribution < -0.4 is 16.9 Å². The Labute approximate surface area is 195 Å². The minimum absolute atomic E-state index is 0.0288. The van der Waals surface area contributed by atoms with Crippen molar-refractivity contribution in [3.8, 4) is 0 Å². The van der Waals surface area contributed by atoms with E-state index in [0.717, 1.165) is 17.4 Å². The topological polar surface area (TPSA) is 158 Å². The average molecular weight is 491 g/mol. The molecular weight excluding hydrogens is 451 g/mol. The summed E-state index contributed by atoms with van der Waals surface area (Å²) < 4.78 is 23.1. The SMILES string of the molecule is CC(CCC(C)C(C)(C)C(C)C)NOC[C@H]1O[C@@H](n2ccc(N)nc2=O)[C@H](O)[C@@H]1O[PH](=O)O. The summed E-state index contributed by atoms with van der Waals surface area (Å²) in [6, 6.07) is 1.44. The molecule has 1 aromatic rings. The van der Waals surface area contributed by atoms with Crippen LogP contribution >= 0.6 is 8.25 Å². The van der Waals surface area contributed by atoms with Gasteiger partial charge in [0.25, 0.3) is 0 Å². The number of hydrogen-bond donors (Lipinski definition) is 4. The van der Waals surface area contributed by atoms with E-state index in [1.54, 1.807) is 0 Å². The maximum atomic E-state index is 12.1. The molecule has 1 saturated heterocycles. The van der Waals surface area contributed by atoms with Gasteiger partial charge in [0.15, 0.2) is 6.23 Å². The van der Waals surface area contributed by atoms with Crippen molar-refractivity contribution in [1.82, 2.24) is 15.0 Å². The van der Waals surface area contributed by atoms with Gasteiger partial charge in [0.1, 0.15) is 24.1 Å². The van der Waals surface area contributed by atoms with Crippen LogP contribution in [0.4, 0.5) is 5.82 Å². The molecule has 1 aliphatic heterocycles. The third-order valence-corrected chi connectivity index (χ3v) is 7.47. The number of nitrogens with zero attached hydrogens (tertiary/aromatic N) is 2. The molecule has 7 atom stereocenters. The summed E-state index contributed by atoms with van der Waals surface area (Å²) in [5.41, 5.74) is 7.97. The molecule has 0 saturated carbocycles. The van der Waals surface area contributed by atoms with Crippen molar-refractivity contribution in [3.05, 3.63) is 22.7 Å². The smallest absolute Gasteiger partial charge is 0.351 e. The fraction of sp³-hybridized carbons (Fsp3) is 0.810. The summed E-state index contributed by atoms with van der Waals surface area (Å²) in [5.74, 6) is 1.13. The molecule has 0 bridgehead atoms. The summed E-state index contributed by atoms with van der Waals surface area (Å²) in [6.45, 7) is 13.2. The molecule has 1 aliphatic rings. The zero-order valence-electron chi connectivity index (χ0n) is 20.2. The standard InChI is InChI=1S/C21H39N4O7P/c1-12(2)21(5,6)13(3)7-8-14(4)24-30-11-15-18(32-33(28)29)17(26)19(31-15)25-10-9-16(22)23-20(25)27/h9-10,12-15,17-19,24,26,33H,7-8,11H2,1-6H3,(H,28,29)(H2,22,23,27)/t13?,14?,15-,17-,18-,19-/m1/s1. The van der Waals surface area contributed by atoms with E-state index in [4.69, 9.17) is 19.8 Å². The average Bonchev–Trinajstić information content (AvgIpc) is 3.01. The monoisotopic (exact) mass is 490 g/mol. The zero-order chi connectivity index (χ0) is 24.9. The molecule has 0 aliphatic carbocycles. The van der Waals surface area contributed by atoms with Crippen molar-refractivity contribution in [2.45, 2.75) is 85.0 Å². The Morgan fingerprint density at radius 1 is 1.33 bits per heavy atom. The molecule has 33 heavy (non-hydrogen) atoms. The number of aromatic nitrogens is 2. The first-order valence-electron chi connectivity index (χ1n) is 11.3. The highest BCUT2D eigenvalue weighted by molar-refractivity contribution is 7.32. The van der Waals surface area contributed by atoms with Gasteiger partial charge in [0.05, 0.1) is 6.61 Å². The molecule has 0 radical (unpaired) electrons. The van der Waals surface area contributed by atoms with Gasteiger partial charge in [0, 0.05) is 12.2 Å². The van der Waals surface area contributed by atoms with E-state index in [1.807, 2.05) is 6.92 Å². The lowest BCUT2D eigenvalue weighted by Gasteiger charge is -2.36. The Morgan fingerprint density at radius 3 is 2.58 bits per heavy atom. The maximum absolute atomic E-state index is 12.1. The van der Waals surface area contributed by atoms with Crippen LogP contribution in [-0.4, -0.2) is 50.5 Å². The second kappa shape index (κ2) is 11.9. The predicted molar refractivity (Wildman–Crippen MR) is 124 cm³/mol. The fourth-order valence-corrected chi connectivity index (χ4v) is 4.26. The van der Waals surface area contributed by atoms with E-state index in [0.29, 0.717) is 11.8 Å². The molecule has 190 valence electrons. The van der Waals surface area contributed by atoms with Gasteiger partial charge in [-0.05, 0) is 43.1 Å². The van der Waals surface area contributed by atoms with Crippen molar-refractivity contribution >= 4 is 14.1 Å². The summed E-state index contributed by atoms with van der Waals surface area (Å²) in [6.07, 6.45) is -1.36. The molecule has 11 nitrogen and oxygen atoms in total. The summed E-state index contributed by atoms with van der Waals surface area (Å²) >= 11 is 0. The minimum Gasteiger partial charge on any atom is -0.386 e. The van der Waals surface area contributed by atoms with Crippen LogP contribution in [0, 0.1) is 17.3 Å². The fourth-order valence-electron chi connectivity index (χ4n) is 3.74. The molecular formula is C21H39N4O7P. The van der Waals surface area contributed by atoms with Crippen LogP contribution in [0.1, 0.15) is 60.6 Å². The molecule has 2 heterocycles. The molecule has 0 amide bonds. The first-order valence-corrected chi connectivity index (χ1v) is 12.6. The number of hydrogen-bond acceptors (Lipinski definition) is 9. The van der Waals surface area contributed by atoms with Gasteiger partial charge in [-0.15, -0.1) is 0 Å². The third kappa shape index (κ3) is 7.32. The summed E-state index contributed by atoms with van der Waals surface area (Å²) in [4.78, 5) is 30.6. The van der Waals surface area contributed by atoms with Crippen molar-refractivity contribution in [2.24, 2.45) is 17.3 Å². The predicted octanol–water partition coefficient (Wildman–Crippen LogP) is 1.86. The van der Waals surface area contributed by atoms with Crippen LogP contribution in [0.25, 0.3) is 0 Å². The van der Waals surface area contributed by atoms with E-state index in [1.165, 1.54) is 12.3 Å². The number of nitrogen functional groups attached to an aromatic ring is 1. The van der Waals surface area contributed by atoms with Crippen molar-refractivity contribution in [1.29, 1.82) is 0 Å². The second-order valence-electron chi connectivity index (χ2n) is 9.73. The normalized spacial score (nSPS) is 26.5. The molecule has 12 heteroatoms. The number of aliphatic hydroxyl groups is 1. The highest BCUT2D eigenvalue weighted by Crippen LogP contribution is 2.38. The molecule has 0 aromatic carbocycles. The zero-order valence-corrected chi connectivity index (χ0v) is 21.2. The van der Waals surface area contributed by atoms with Gasteiger partial charge in [-0.25, -0.2) is 4.79 Å². The molecule has 3 unspecified atom stereocenters. The summed E-state index contributed by atoms with van der Waals surface area (Å²) in [7, 11) is -3.37. The van der Waals surface area contributed by atoms with E-state index < -0.39 is 38.5 Å². The Hall–Kier alpha value is -1.33. The first kappa shape index (κ1) is 27.9. The van der Waals surface area contributed by atoms with Gasteiger partial charge in [-0.3, -0.25) is 14.0 Å². The van der Waals surface area contributed by atoms with Gasteiger partial charge in [0.2, 0.25) is 0 Å². The highest BCUT2D eigenvalue weighted by Gasteiger charge is 2.47. The van der Waals surface area contributed by atoms with E-state index in [2.05, 4.69) is 45.1 Å². The lowest BCUT2D eigenvalue weighted by atomic mass is 9.70. The Morgan fingerprint density at radius 2 is 2.00 bits per heavy atom. The Balaban J connectivity index is 1.94. The number of aliphatic hydroxyl groups excluding tert-OH is 1. The van der Waals surface area contributed by atoms with Crippen LogP contribution in [0.5, 0.6) is 0 Å². The van der Waals surface area contributed by atoms with Crippen molar-refractivity contribution in [2.75, 3.05) is 12.3 Å². The van der Waals surface area contributed by atoms with Crippen LogP contribution in [0.3, 0.4) is 0 Å². The second-order valence-corrected chi connectivity index (χ2v) is 10.5. The largest absolute Gasteiger partial charge is 0.386 e. The number of anilines is 1. The Kier molecular flexibility index (Phi) is 10.0. The maximum Gasteiger partial charge on any atom is 0.351 e. The summed E-state index contributed by atoms with van der Waals surface area (Å²) in [5, 5.41) is 10.6. The molecule has 2 rings (SSSR count). The lowest BCUT2D eigenvalue weighted by molar-refractivity contribution is -0.0922. The first-order chi connectivity index (χ1) is 15.3. The third-order valence-electron chi connectivity index (χ3n) is 6.99. The minimum atomic E-state index is -3.37.